The van der Waals surface area contributed by atoms with E-state index in [2.05, 4.69) is 5.32 Å². The summed E-state index contributed by atoms with van der Waals surface area (Å²) < 4.78 is 32.2. The van der Waals surface area contributed by atoms with E-state index in [1.54, 1.807) is 18.2 Å². The molecule has 0 spiro atoms. The fourth-order valence-corrected chi connectivity index (χ4v) is 2.60. The number of nitrogens with one attached hydrogen (secondary N) is 1. The number of hydrogen-bond donors (Lipinski definition) is 1. The number of rotatable bonds is 2. The highest BCUT2D eigenvalue weighted by atomic mass is 19.1. The lowest BCUT2D eigenvalue weighted by Gasteiger charge is -2.32. The topological polar surface area (TPSA) is 21.3 Å². The number of hydrogen-bond acceptors (Lipinski definition) is 2. The van der Waals surface area contributed by atoms with E-state index in [9.17, 15) is 8.78 Å². The van der Waals surface area contributed by atoms with Crippen molar-refractivity contribution in [1.82, 2.24) is 5.32 Å². The molecule has 4 heteroatoms. The summed E-state index contributed by atoms with van der Waals surface area (Å²) in [5, 5.41) is 3.21. The van der Waals surface area contributed by atoms with Gasteiger partial charge in [0.1, 0.15) is 23.5 Å². The summed E-state index contributed by atoms with van der Waals surface area (Å²) in [5.74, 6) is -0.0514. The fraction of sp³-hybridized carbons (Fsp3) is 0.250. The first-order chi connectivity index (χ1) is 9.67. The van der Waals surface area contributed by atoms with Crippen LogP contribution in [0, 0.1) is 11.6 Å². The van der Waals surface area contributed by atoms with Crippen LogP contribution in [0.3, 0.4) is 0 Å². The van der Waals surface area contributed by atoms with Gasteiger partial charge >= 0.3 is 0 Å². The van der Waals surface area contributed by atoms with Crippen molar-refractivity contribution in [1.29, 1.82) is 0 Å². The molecule has 0 aliphatic carbocycles. The minimum Gasteiger partial charge on any atom is -0.485 e. The Labute approximate surface area is 116 Å². The second-order valence-corrected chi connectivity index (χ2v) is 4.92. The van der Waals surface area contributed by atoms with Crippen molar-refractivity contribution in [3.63, 3.8) is 0 Å². The molecular weight excluding hydrogens is 260 g/mol. The molecule has 20 heavy (non-hydrogen) atoms. The lowest BCUT2D eigenvalue weighted by atomic mass is 9.93. The minimum atomic E-state index is -0.321. The average Bonchev–Trinajstić information content (AvgIpc) is 2.46. The van der Waals surface area contributed by atoms with Crippen molar-refractivity contribution in [3.05, 3.63) is 65.2 Å². The number of ether oxygens (including phenoxy) is 1. The van der Waals surface area contributed by atoms with E-state index in [4.69, 9.17) is 4.74 Å². The van der Waals surface area contributed by atoms with Crippen LogP contribution in [-0.2, 0) is 0 Å². The van der Waals surface area contributed by atoms with E-state index in [0.717, 1.165) is 17.5 Å². The normalized spacial score (nSPS) is 21.1. The molecule has 1 N–H and O–H groups in total. The molecule has 3 rings (SSSR count). The van der Waals surface area contributed by atoms with Crippen LogP contribution in [0.15, 0.2) is 42.5 Å². The molecule has 2 nitrogen and oxygen atoms in total. The van der Waals surface area contributed by atoms with Gasteiger partial charge < -0.3 is 10.1 Å². The molecule has 0 fully saturated rings. The number of halogens is 2. The van der Waals surface area contributed by atoms with Gasteiger partial charge in [-0.25, -0.2) is 8.78 Å². The van der Waals surface area contributed by atoms with Gasteiger partial charge in [0.25, 0.3) is 0 Å². The van der Waals surface area contributed by atoms with Gasteiger partial charge in [-0.1, -0.05) is 18.2 Å². The first kappa shape index (κ1) is 13.1. The van der Waals surface area contributed by atoms with E-state index in [0.29, 0.717) is 5.75 Å². The molecule has 1 aliphatic rings. The highest BCUT2D eigenvalue weighted by molar-refractivity contribution is 5.39. The molecule has 2 atom stereocenters. The van der Waals surface area contributed by atoms with Crippen LogP contribution in [0.4, 0.5) is 8.78 Å². The van der Waals surface area contributed by atoms with Crippen molar-refractivity contribution >= 4 is 0 Å². The van der Waals surface area contributed by atoms with Crippen LogP contribution >= 0.6 is 0 Å². The van der Waals surface area contributed by atoms with Crippen LogP contribution < -0.4 is 10.1 Å². The molecule has 2 aromatic carbocycles. The molecular formula is C16H15F2NO. The Hall–Kier alpha value is -1.94. The number of fused-ring (bicyclic) bond motifs is 1. The molecule has 0 saturated carbocycles. The molecule has 1 heterocycles. The third-order valence-corrected chi connectivity index (χ3v) is 3.66. The highest BCUT2D eigenvalue weighted by Crippen LogP contribution is 2.40. The third kappa shape index (κ3) is 2.39. The van der Waals surface area contributed by atoms with E-state index in [1.807, 2.05) is 7.05 Å². The average molecular weight is 275 g/mol. The molecule has 0 aromatic heterocycles. The van der Waals surface area contributed by atoms with Crippen molar-refractivity contribution < 1.29 is 13.5 Å². The molecule has 0 saturated heterocycles. The van der Waals surface area contributed by atoms with Gasteiger partial charge in [-0.2, -0.15) is 0 Å². The summed E-state index contributed by atoms with van der Waals surface area (Å²) >= 11 is 0. The van der Waals surface area contributed by atoms with Crippen LogP contribution in [-0.4, -0.2) is 7.05 Å². The van der Waals surface area contributed by atoms with E-state index >= 15 is 0 Å². The Bertz CT molecular complexity index is 612. The van der Waals surface area contributed by atoms with E-state index in [1.165, 1.54) is 24.3 Å². The van der Waals surface area contributed by atoms with Gasteiger partial charge in [-0.05, 0) is 30.8 Å². The maximum absolute atomic E-state index is 13.4. The maximum atomic E-state index is 13.4. The Morgan fingerprint density at radius 1 is 1.05 bits per heavy atom. The Morgan fingerprint density at radius 3 is 2.45 bits per heavy atom. The standard InChI is InChI=1S/C16H15F2NO/c1-19-14-9-15(10-2-4-11(17)5-3-10)20-16-8-12(18)6-7-13(14)16/h2-8,14-15,19H,9H2,1H3. The molecule has 0 amide bonds. The zero-order valence-corrected chi connectivity index (χ0v) is 11.1. The van der Waals surface area contributed by atoms with Gasteiger partial charge in [0.05, 0.1) is 0 Å². The van der Waals surface area contributed by atoms with E-state index < -0.39 is 0 Å². The van der Waals surface area contributed by atoms with Gasteiger partial charge in [0.2, 0.25) is 0 Å². The Morgan fingerprint density at radius 2 is 1.75 bits per heavy atom. The quantitative estimate of drug-likeness (QED) is 0.901. The summed E-state index contributed by atoms with van der Waals surface area (Å²) in [6, 6.07) is 10.9. The predicted molar refractivity (Wildman–Crippen MR) is 72.6 cm³/mol. The van der Waals surface area contributed by atoms with Crippen LogP contribution in [0.5, 0.6) is 5.75 Å². The third-order valence-electron chi connectivity index (χ3n) is 3.66. The highest BCUT2D eigenvalue weighted by Gasteiger charge is 2.28. The van der Waals surface area contributed by atoms with E-state index in [-0.39, 0.29) is 23.8 Å². The summed E-state index contributed by atoms with van der Waals surface area (Å²) in [7, 11) is 1.87. The van der Waals surface area contributed by atoms with Crippen LogP contribution in [0.25, 0.3) is 0 Å². The second kappa shape index (κ2) is 5.21. The van der Waals surface area contributed by atoms with Crippen molar-refractivity contribution in [2.24, 2.45) is 0 Å². The smallest absolute Gasteiger partial charge is 0.127 e. The van der Waals surface area contributed by atoms with Gasteiger partial charge in [0, 0.05) is 24.1 Å². The minimum absolute atomic E-state index is 0.0920. The largest absolute Gasteiger partial charge is 0.485 e. The SMILES string of the molecule is CNC1CC(c2ccc(F)cc2)Oc2cc(F)ccc21. The Kier molecular flexibility index (Phi) is 3.40. The number of benzene rings is 2. The van der Waals surface area contributed by atoms with Crippen LogP contribution in [0.2, 0.25) is 0 Å². The van der Waals surface area contributed by atoms with Crippen LogP contribution in [0.1, 0.15) is 29.7 Å². The van der Waals surface area contributed by atoms with Gasteiger partial charge in [-0.15, -0.1) is 0 Å². The molecule has 1 aliphatic heterocycles. The van der Waals surface area contributed by atoms with Crippen molar-refractivity contribution in [2.75, 3.05) is 7.05 Å². The van der Waals surface area contributed by atoms with Gasteiger partial charge in [-0.3, -0.25) is 0 Å². The van der Waals surface area contributed by atoms with Crippen molar-refractivity contribution in [3.8, 4) is 5.75 Å². The summed E-state index contributed by atoms with van der Waals surface area (Å²) in [6.45, 7) is 0. The molecule has 2 unspecified atom stereocenters. The van der Waals surface area contributed by atoms with Gasteiger partial charge in [0.15, 0.2) is 0 Å². The first-order valence-corrected chi connectivity index (χ1v) is 6.56. The summed E-state index contributed by atoms with van der Waals surface area (Å²) in [6.07, 6.45) is 0.517. The fourth-order valence-electron chi connectivity index (χ4n) is 2.60. The lowest BCUT2D eigenvalue weighted by Crippen LogP contribution is -2.26. The summed E-state index contributed by atoms with van der Waals surface area (Å²) in [5.41, 5.74) is 1.84. The first-order valence-electron chi connectivity index (χ1n) is 6.56. The molecule has 2 aromatic rings. The zero-order valence-electron chi connectivity index (χ0n) is 11.1. The summed E-state index contributed by atoms with van der Waals surface area (Å²) in [4.78, 5) is 0. The van der Waals surface area contributed by atoms with Crippen molar-refractivity contribution in [2.45, 2.75) is 18.6 Å². The molecule has 0 bridgehead atoms. The maximum Gasteiger partial charge on any atom is 0.127 e. The second-order valence-electron chi connectivity index (χ2n) is 4.92. The Balaban J connectivity index is 1.95. The zero-order chi connectivity index (χ0) is 14.1. The predicted octanol–water partition coefficient (Wildman–Crippen LogP) is 3.75. The lowest BCUT2D eigenvalue weighted by molar-refractivity contribution is 0.153. The molecule has 0 radical (unpaired) electrons. The monoisotopic (exact) mass is 275 g/mol. The molecule has 104 valence electrons.